The minimum absolute atomic E-state index is 0.0309. The van der Waals surface area contributed by atoms with Gasteiger partial charge in [0.25, 0.3) is 0 Å². The number of hydrogen-bond donors (Lipinski definition) is 3. The maximum absolute atomic E-state index is 12.7. The first-order valence-corrected chi connectivity index (χ1v) is 11.1. The molecule has 2 amide bonds. The summed E-state index contributed by atoms with van der Waals surface area (Å²) in [7, 11) is 0. The summed E-state index contributed by atoms with van der Waals surface area (Å²) in [5.74, 6) is 0.377. The van der Waals surface area contributed by atoms with Gasteiger partial charge in [-0.25, -0.2) is 0 Å². The molecule has 0 spiro atoms. The van der Waals surface area contributed by atoms with Crippen molar-refractivity contribution in [3.8, 4) is 17.2 Å². The van der Waals surface area contributed by atoms with Crippen molar-refractivity contribution < 1.29 is 9.59 Å². The Morgan fingerprint density at radius 2 is 1.84 bits per heavy atom. The summed E-state index contributed by atoms with van der Waals surface area (Å²) in [4.78, 5) is 24.3. The Kier molecular flexibility index (Phi) is 5.21. The molecule has 2 saturated heterocycles. The summed E-state index contributed by atoms with van der Waals surface area (Å²) in [5.41, 5.74) is 4.99. The van der Waals surface area contributed by atoms with Crippen LogP contribution in [0.2, 0.25) is 0 Å². The van der Waals surface area contributed by atoms with Gasteiger partial charge in [0.15, 0.2) is 0 Å². The number of nitrogens with one attached hydrogen (secondary N) is 3. The van der Waals surface area contributed by atoms with E-state index >= 15 is 0 Å². The molecule has 6 nitrogen and oxygen atoms in total. The normalized spacial score (nSPS) is 24.7. The highest BCUT2D eigenvalue weighted by atomic mass is 16.2. The number of piperidine rings is 2. The van der Waals surface area contributed by atoms with Crippen molar-refractivity contribution in [3.05, 3.63) is 53.6 Å². The van der Waals surface area contributed by atoms with Crippen LogP contribution in [0.5, 0.6) is 0 Å². The third-order valence-corrected chi connectivity index (χ3v) is 6.88. The molecule has 3 aliphatic heterocycles. The van der Waals surface area contributed by atoms with E-state index in [1.807, 2.05) is 42.5 Å². The van der Waals surface area contributed by atoms with E-state index in [0.717, 1.165) is 53.6 Å². The van der Waals surface area contributed by atoms with E-state index in [9.17, 15) is 14.9 Å². The highest BCUT2D eigenvalue weighted by Gasteiger charge is 2.39. The second-order valence-corrected chi connectivity index (χ2v) is 8.94. The smallest absolute Gasteiger partial charge is 0.238 e. The lowest BCUT2D eigenvalue weighted by molar-refractivity contribution is -0.127. The van der Waals surface area contributed by atoms with E-state index in [-0.39, 0.29) is 17.9 Å². The maximum atomic E-state index is 12.7. The second-order valence-electron chi connectivity index (χ2n) is 8.94. The molecule has 6 heteroatoms. The number of fused-ring (bicyclic) bond motifs is 4. The summed E-state index contributed by atoms with van der Waals surface area (Å²) >= 11 is 0. The Hall–Kier alpha value is -3.17. The molecular formula is C25H26N4O2. The molecule has 2 atom stereocenters. The topological polar surface area (TPSA) is 94.0 Å². The highest BCUT2D eigenvalue weighted by Crippen LogP contribution is 2.33. The van der Waals surface area contributed by atoms with E-state index in [4.69, 9.17) is 0 Å². The van der Waals surface area contributed by atoms with Crippen LogP contribution in [0.15, 0.2) is 42.5 Å². The first kappa shape index (κ1) is 19.8. The number of benzene rings is 2. The van der Waals surface area contributed by atoms with Gasteiger partial charge in [0.1, 0.15) is 6.04 Å². The van der Waals surface area contributed by atoms with Crippen molar-refractivity contribution in [1.82, 2.24) is 10.6 Å². The van der Waals surface area contributed by atoms with Crippen LogP contribution < -0.4 is 16.0 Å². The molecule has 3 heterocycles. The quantitative estimate of drug-likeness (QED) is 0.701. The zero-order valence-electron chi connectivity index (χ0n) is 17.4. The number of carbonyl (C=O) groups is 2. The van der Waals surface area contributed by atoms with Gasteiger partial charge in [-0.3, -0.25) is 9.59 Å². The molecule has 2 aromatic carbocycles. The molecule has 31 heavy (non-hydrogen) atoms. The van der Waals surface area contributed by atoms with Crippen molar-refractivity contribution in [1.29, 1.82) is 5.26 Å². The third kappa shape index (κ3) is 4.06. The molecule has 1 aliphatic carbocycles. The fraction of sp³-hybridized carbons (Fsp3) is 0.400. The minimum Gasteiger partial charge on any atom is -0.339 e. The Bertz CT molecular complexity index is 1050. The summed E-state index contributed by atoms with van der Waals surface area (Å²) in [6, 6.07) is 16.0. The molecular weight excluding hydrogens is 388 g/mol. The van der Waals surface area contributed by atoms with Crippen molar-refractivity contribution >= 4 is 17.5 Å². The van der Waals surface area contributed by atoms with Crippen LogP contribution in [0.4, 0.5) is 5.69 Å². The molecule has 3 N–H and O–H groups in total. The van der Waals surface area contributed by atoms with Crippen LogP contribution in [-0.4, -0.2) is 29.9 Å². The standard InChI is InChI=1S/C25H26N4O2/c26-14-21(28-25(31)24-17-7-9-20(27-24)10-8-17)11-15-1-3-16(4-2-15)18-5-6-19-13-23(30)29-22(19)12-18/h1-6,12,17,20-21,24,27H,7-11,13H2,(H,28,31)(H,29,30)/t17?,20?,21-,24?/m0/s1. The highest BCUT2D eigenvalue weighted by molar-refractivity contribution is 6.00. The number of nitriles is 1. The first-order valence-electron chi connectivity index (χ1n) is 11.1. The Morgan fingerprint density at radius 3 is 2.52 bits per heavy atom. The fourth-order valence-electron chi connectivity index (χ4n) is 5.15. The number of rotatable bonds is 5. The summed E-state index contributed by atoms with van der Waals surface area (Å²) in [6.07, 6.45) is 5.41. The Balaban J connectivity index is 1.23. The van der Waals surface area contributed by atoms with Crippen LogP contribution >= 0.6 is 0 Å². The van der Waals surface area contributed by atoms with Gasteiger partial charge in [-0.05, 0) is 59.9 Å². The lowest BCUT2D eigenvalue weighted by atomic mass is 9.76. The molecule has 2 bridgehead atoms. The van der Waals surface area contributed by atoms with Gasteiger partial charge < -0.3 is 16.0 Å². The van der Waals surface area contributed by atoms with Crippen LogP contribution in [0.25, 0.3) is 11.1 Å². The number of carbonyl (C=O) groups excluding carboxylic acids is 2. The zero-order chi connectivity index (χ0) is 21.4. The van der Waals surface area contributed by atoms with Crippen LogP contribution in [0.3, 0.4) is 0 Å². The molecule has 1 saturated carbocycles. The van der Waals surface area contributed by atoms with Crippen molar-refractivity contribution in [2.24, 2.45) is 5.92 Å². The van der Waals surface area contributed by atoms with E-state index in [1.165, 1.54) is 0 Å². The average molecular weight is 415 g/mol. The number of hydrogen-bond acceptors (Lipinski definition) is 4. The van der Waals surface area contributed by atoms with E-state index in [0.29, 0.717) is 24.8 Å². The predicted molar refractivity (Wildman–Crippen MR) is 118 cm³/mol. The van der Waals surface area contributed by atoms with Crippen molar-refractivity contribution in [3.63, 3.8) is 0 Å². The van der Waals surface area contributed by atoms with E-state index in [1.54, 1.807) is 0 Å². The fourth-order valence-corrected chi connectivity index (χ4v) is 5.15. The van der Waals surface area contributed by atoms with Gasteiger partial charge in [-0.2, -0.15) is 5.26 Å². The van der Waals surface area contributed by atoms with Gasteiger partial charge >= 0.3 is 0 Å². The van der Waals surface area contributed by atoms with Gasteiger partial charge in [-0.1, -0.05) is 36.4 Å². The Morgan fingerprint density at radius 1 is 1.10 bits per heavy atom. The lowest BCUT2D eigenvalue weighted by Crippen LogP contribution is -2.59. The average Bonchev–Trinajstić information content (AvgIpc) is 3.19. The van der Waals surface area contributed by atoms with E-state index in [2.05, 4.69) is 22.0 Å². The summed E-state index contributed by atoms with van der Waals surface area (Å²) in [6.45, 7) is 0. The monoisotopic (exact) mass is 414 g/mol. The van der Waals surface area contributed by atoms with Crippen molar-refractivity contribution in [2.45, 2.75) is 56.7 Å². The van der Waals surface area contributed by atoms with Gasteiger partial charge in [-0.15, -0.1) is 0 Å². The second kappa shape index (κ2) is 8.16. The molecule has 3 fully saturated rings. The number of amides is 2. The predicted octanol–water partition coefficient (Wildman–Crippen LogP) is 2.93. The first-order chi connectivity index (χ1) is 15.1. The SMILES string of the molecule is N#C[C@H](Cc1ccc(-c2ccc3c(c2)NC(=O)C3)cc1)NC(=O)C1NC2CCC1CC2. The van der Waals surface area contributed by atoms with Crippen molar-refractivity contribution in [2.75, 3.05) is 5.32 Å². The van der Waals surface area contributed by atoms with Gasteiger partial charge in [0, 0.05) is 18.2 Å². The van der Waals surface area contributed by atoms with E-state index < -0.39 is 6.04 Å². The zero-order valence-corrected chi connectivity index (χ0v) is 17.4. The lowest BCUT2D eigenvalue weighted by Gasteiger charge is -2.42. The molecule has 0 radical (unpaired) electrons. The Labute approximate surface area is 182 Å². The number of nitrogens with zero attached hydrogens (tertiary/aromatic N) is 1. The number of anilines is 1. The largest absolute Gasteiger partial charge is 0.339 e. The maximum Gasteiger partial charge on any atom is 0.238 e. The minimum atomic E-state index is -0.546. The van der Waals surface area contributed by atoms with Crippen LogP contribution in [0, 0.1) is 17.2 Å². The molecule has 4 aliphatic rings. The molecule has 2 aromatic rings. The van der Waals surface area contributed by atoms with Gasteiger partial charge in [0.2, 0.25) is 11.8 Å². The third-order valence-electron chi connectivity index (χ3n) is 6.88. The molecule has 158 valence electrons. The summed E-state index contributed by atoms with van der Waals surface area (Å²) in [5, 5.41) is 18.9. The molecule has 1 unspecified atom stereocenters. The van der Waals surface area contributed by atoms with Gasteiger partial charge in [0.05, 0.1) is 18.5 Å². The summed E-state index contributed by atoms with van der Waals surface area (Å²) < 4.78 is 0. The molecule has 0 aromatic heterocycles. The molecule has 6 rings (SSSR count). The van der Waals surface area contributed by atoms with Crippen LogP contribution in [0.1, 0.15) is 36.8 Å². The van der Waals surface area contributed by atoms with Crippen LogP contribution in [-0.2, 0) is 22.4 Å².